The lowest BCUT2D eigenvalue weighted by Crippen LogP contribution is -2.15. The molecule has 1 aromatic rings. The average molecular weight is 186 g/mol. The lowest BCUT2D eigenvalue weighted by Gasteiger charge is -2.04. The van der Waals surface area contributed by atoms with Crippen LogP contribution in [0, 0.1) is 6.92 Å². The van der Waals surface area contributed by atoms with Crippen LogP contribution < -0.4 is 5.73 Å². The zero-order valence-corrected chi connectivity index (χ0v) is 6.92. The van der Waals surface area contributed by atoms with Crippen molar-refractivity contribution < 1.29 is 13.6 Å². The van der Waals surface area contributed by atoms with Crippen LogP contribution in [0.2, 0.25) is 0 Å². The summed E-state index contributed by atoms with van der Waals surface area (Å²) < 4.78 is 24.6. The Hall–Kier alpha value is -1.52. The van der Waals surface area contributed by atoms with Crippen LogP contribution in [0.25, 0.3) is 0 Å². The SMILES string of the molecule is Cc1ccc(C(N)=O)c(C(F)F)n1. The van der Waals surface area contributed by atoms with Crippen LogP contribution in [-0.4, -0.2) is 10.9 Å². The van der Waals surface area contributed by atoms with E-state index in [9.17, 15) is 13.6 Å². The highest BCUT2D eigenvalue weighted by Gasteiger charge is 2.17. The molecule has 2 N–H and O–H groups in total. The molecule has 1 aromatic heterocycles. The third kappa shape index (κ3) is 1.99. The lowest BCUT2D eigenvalue weighted by atomic mass is 10.1. The van der Waals surface area contributed by atoms with Crippen LogP contribution in [0.4, 0.5) is 8.78 Å². The molecule has 13 heavy (non-hydrogen) atoms. The standard InChI is InChI=1S/C8H8F2N2O/c1-4-2-3-5(8(11)13)6(12-4)7(9)10/h2-3,7H,1H3,(H2,11,13). The third-order valence-electron chi connectivity index (χ3n) is 1.54. The second kappa shape index (κ2) is 3.47. The lowest BCUT2D eigenvalue weighted by molar-refractivity contribution is 0.0983. The van der Waals surface area contributed by atoms with Crippen LogP contribution >= 0.6 is 0 Å². The first-order valence-corrected chi connectivity index (χ1v) is 3.58. The number of pyridine rings is 1. The summed E-state index contributed by atoms with van der Waals surface area (Å²) in [4.78, 5) is 14.2. The highest BCUT2D eigenvalue weighted by Crippen LogP contribution is 2.20. The molecule has 0 fully saturated rings. The van der Waals surface area contributed by atoms with E-state index in [2.05, 4.69) is 4.98 Å². The normalized spacial score (nSPS) is 10.5. The number of amides is 1. The minimum atomic E-state index is -2.78. The molecular weight excluding hydrogens is 178 g/mol. The molecule has 0 aliphatic heterocycles. The highest BCUT2D eigenvalue weighted by molar-refractivity contribution is 5.93. The fraction of sp³-hybridized carbons (Fsp3) is 0.250. The van der Waals surface area contributed by atoms with Crippen molar-refractivity contribution in [1.82, 2.24) is 4.98 Å². The van der Waals surface area contributed by atoms with Crippen molar-refractivity contribution in [3.8, 4) is 0 Å². The summed E-state index contributed by atoms with van der Waals surface area (Å²) in [5.41, 5.74) is 4.55. The van der Waals surface area contributed by atoms with Crippen LogP contribution in [0.3, 0.4) is 0 Å². The van der Waals surface area contributed by atoms with Gasteiger partial charge in [0.05, 0.1) is 5.56 Å². The Bertz CT molecular complexity index is 339. The van der Waals surface area contributed by atoms with Gasteiger partial charge in [0.25, 0.3) is 12.3 Å². The van der Waals surface area contributed by atoms with Crippen molar-refractivity contribution in [3.63, 3.8) is 0 Å². The van der Waals surface area contributed by atoms with Crippen LogP contribution in [0.5, 0.6) is 0 Å². The van der Waals surface area contributed by atoms with Gasteiger partial charge in [-0.2, -0.15) is 0 Å². The number of rotatable bonds is 2. The Morgan fingerprint density at radius 3 is 2.62 bits per heavy atom. The summed E-state index contributed by atoms with van der Waals surface area (Å²) >= 11 is 0. The highest BCUT2D eigenvalue weighted by atomic mass is 19.3. The van der Waals surface area contributed by atoms with Crippen molar-refractivity contribution in [1.29, 1.82) is 0 Å². The number of nitrogens with zero attached hydrogens (tertiary/aromatic N) is 1. The Labute approximate surface area is 73.6 Å². The van der Waals surface area contributed by atoms with Gasteiger partial charge < -0.3 is 5.73 Å². The quantitative estimate of drug-likeness (QED) is 0.759. The fourth-order valence-corrected chi connectivity index (χ4v) is 0.952. The molecule has 1 heterocycles. The number of hydrogen-bond acceptors (Lipinski definition) is 2. The van der Waals surface area contributed by atoms with E-state index < -0.39 is 18.0 Å². The van der Waals surface area contributed by atoms with Gasteiger partial charge in [-0.15, -0.1) is 0 Å². The third-order valence-corrected chi connectivity index (χ3v) is 1.54. The van der Waals surface area contributed by atoms with Gasteiger partial charge in [-0.3, -0.25) is 9.78 Å². The molecule has 0 radical (unpaired) electrons. The van der Waals surface area contributed by atoms with E-state index in [0.29, 0.717) is 5.69 Å². The molecule has 0 spiro atoms. The molecule has 0 saturated carbocycles. The first kappa shape index (κ1) is 9.57. The Kier molecular flexibility index (Phi) is 2.55. The molecule has 3 nitrogen and oxygen atoms in total. The Morgan fingerprint density at radius 1 is 1.54 bits per heavy atom. The minimum Gasteiger partial charge on any atom is -0.366 e. The van der Waals surface area contributed by atoms with Gasteiger partial charge in [-0.05, 0) is 19.1 Å². The van der Waals surface area contributed by atoms with Crippen molar-refractivity contribution >= 4 is 5.91 Å². The fourth-order valence-electron chi connectivity index (χ4n) is 0.952. The molecule has 1 amide bonds. The number of alkyl halides is 2. The number of primary amides is 1. The second-order valence-corrected chi connectivity index (χ2v) is 2.55. The number of nitrogens with two attached hydrogens (primary N) is 1. The first-order chi connectivity index (χ1) is 6.02. The average Bonchev–Trinajstić information content (AvgIpc) is 2.03. The van der Waals surface area contributed by atoms with Gasteiger partial charge in [-0.25, -0.2) is 8.78 Å². The minimum absolute atomic E-state index is 0.222. The van der Waals surface area contributed by atoms with Gasteiger partial charge in [0.2, 0.25) is 0 Å². The molecular formula is C8H8F2N2O. The molecule has 0 atom stereocenters. The smallest absolute Gasteiger partial charge is 0.281 e. The number of aryl methyl sites for hydroxylation is 1. The summed E-state index contributed by atoms with van der Waals surface area (Å²) in [6.07, 6.45) is -2.78. The van der Waals surface area contributed by atoms with E-state index in [1.807, 2.05) is 0 Å². The topological polar surface area (TPSA) is 56.0 Å². The van der Waals surface area contributed by atoms with E-state index in [0.717, 1.165) is 0 Å². The van der Waals surface area contributed by atoms with Crippen LogP contribution in [-0.2, 0) is 0 Å². The van der Waals surface area contributed by atoms with Crippen molar-refractivity contribution in [2.24, 2.45) is 5.73 Å². The molecule has 0 aliphatic carbocycles. The first-order valence-electron chi connectivity index (χ1n) is 3.58. The van der Waals surface area contributed by atoms with E-state index in [-0.39, 0.29) is 5.56 Å². The van der Waals surface area contributed by atoms with Crippen molar-refractivity contribution in [2.75, 3.05) is 0 Å². The predicted octanol–water partition coefficient (Wildman–Crippen LogP) is 1.43. The van der Waals surface area contributed by atoms with Gasteiger partial charge in [0.15, 0.2) is 0 Å². The Morgan fingerprint density at radius 2 is 2.15 bits per heavy atom. The molecule has 0 aliphatic rings. The second-order valence-electron chi connectivity index (χ2n) is 2.55. The summed E-state index contributed by atoms with van der Waals surface area (Å²) in [6, 6.07) is 2.72. The van der Waals surface area contributed by atoms with Crippen molar-refractivity contribution in [3.05, 3.63) is 29.1 Å². The van der Waals surface area contributed by atoms with E-state index in [1.54, 1.807) is 6.92 Å². The maximum Gasteiger partial charge on any atom is 0.281 e. The number of aromatic nitrogens is 1. The summed E-state index contributed by atoms with van der Waals surface area (Å²) in [6.45, 7) is 1.57. The zero-order valence-electron chi connectivity index (χ0n) is 6.92. The van der Waals surface area contributed by atoms with Crippen molar-refractivity contribution in [2.45, 2.75) is 13.3 Å². The summed E-state index contributed by atoms with van der Waals surface area (Å²) in [5, 5.41) is 0. The van der Waals surface area contributed by atoms with E-state index in [4.69, 9.17) is 5.73 Å². The molecule has 1 rings (SSSR count). The van der Waals surface area contributed by atoms with Gasteiger partial charge in [0.1, 0.15) is 5.69 Å². The van der Waals surface area contributed by atoms with Crippen LogP contribution in [0.1, 0.15) is 28.2 Å². The largest absolute Gasteiger partial charge is 0.366 e. The number of carbonyl (C=O) groups is 1. The van der Waals surface area contributed by atoms with Gasteiger partial charge in [-0.1, -0.05) is 0 Å². The number of carbonyl (C=O) groups excluding carboxylic acids is 1. The van der Waals surface area contributed by atoms with Crippen LogP contribution in [0.15, 0.2) is 12.1 Å². The van der Waals surface area contributed by atoms with Gasteiger partial charge >= 0.3 is 0 Å². The monoisotopic (exact) mass is 186 g/mol. The number of hydrogen-bond donors (Lipinski definition) is 1. The molecule has 0 bridgehead atoms. The number of halogens is 2. The molecule has 5 heteroatoms. The summed E-state index contributed by atoms with van der Waals surface area (Å²) in [7, 11) is 0. The Balaban J connectivity index is 3.26. The maximum atomic E-state index is 12.3. The van der Waals surface area contributed by atoms with Gasteiger partial charge in [0, 0.05) is 5.69 Å². The predicted molar refractivity (Wildman–Crippen MR) is 42.4 cm³/mol. The van der Waals surface area contributed by atoms with E-state index >= 15 is 0 Å². The molecule has 70 valence electrons. The summed E-state index contributed by atoms with van der Waals surface area (Å²) in [5.74, 6) is -0.886. The zero-order chi connectivity index (χ0) is 10.0. The molecule has 0 aromatic carbocycles. The maximum absolute atomic E-state index is 12.3. The van der Waals surface area contributed by atoms with E-state index in [1.165, 1.54) is 12.1 Å². The molecule has 0 saturated heterocycles. The molecule has 0 unspecified atom stereocenters.